The molecule has 1 aromatic heterocycles. The van der Waals surface area contributed by atoms with Crippen molar-refractivity contribution >= 4 is 29.1 Å². The van der Waals surface area contributed by atoms with E-state index < -0.39 is 0 Å². The molecule has 104 valence electrons. The second kappa shape index (κ2) is 5.96. The Morgan fingerprint density at radius 2 is 2.15 bits per heavy atom. The molecular weight excluding hydrogens is 276 g/mol. The molecule has 0 aliphatic heterocycles. The lowest BCUT2D eigenvalue weighted by molar-refractivity contribution is 0.415. The van der Waals surface area contributed by atoms with Crippen LogP contribution in [-0.4, -0.2) is 31.2 Å². The summed E-state index contributed by atoms with van der Waals surface area (Å²) in [7, 11) is 5.19. The van der Waals surface area contributed by atoms with Gasteiger partial charge in [-0.25, -0.2) is 4.98 Å². The van der Waals surface area contributed by atoms with Gasteiger partial charge in [0, 0.05) is 14.1 Å². The Hall–Kier alpha value is -2.01. The fourth-order valence-electron chi connectivity index (χ4n) is 1.77. The van der Waals surface area contributed by atoms with Crippen molar-refractivity contribution in [1.82, 2.24) is 9.97 Å². The van der Waals surface area contributed by atoms with Crippen molar-refractivity contribution in [3.63, 3.8) is 0 Å². The van der Waals surface area contributed by atoms with Crippen molar-refractivity contribution in [3.8, 4) is 5.75 Å². The second-order valence-corrected chi connectivity index (χ2v) is 4.51. The van der Waals surface area contributed by atoms with Gasteiger partial charge in [-0.2, -0.15) is 4.98 Å². The maximum absolute atomic E-state index is 5.98. The number of benzene rings is 1. The van der Waals surface area contributed by atoms with Crippen molar-refractivity contribution in [2.75, 3.05) is 31.4 Å². The highest BCUT2D eigenvalue weighted by atomic mass is 35.5. The number of ether oxygens (including phenoxy) is 1. The van der Waals surface area contributed by atoms with E-state index in [-0.39, 0.29) is 0 Å². The molecule has 20 heavy (non-hydrogen) atoms. The smallest absolute Gasteiger partial charge is 0.231 e. The summed E-state index contributed by atoms with van der Waals surface area (Å²) in [6.07, 6.45) is 1.55. The Morgan fingerprint density at radius 3 is 2.80 bits per heavy atom. The highest BCUT2D eigenvalue weighted by Crippen LogP contribution is 2.32. The standard InChI is InChI=1S/C14H15ClN4O/c1-9-5-6-11(12(7-9)20-4)19(3)14-17-8-10(15)13(16-2)18-14/h1,5-8H,2-4H3,(H,16,17,18). The molecule has 6 heteroatoms. The summed E-state index contributed by atoms with van der Waals surface area (Å²) in [5, 5.41) is 3.39. The molecular formula is C14H15ClN4O. The number of hydrogen-bond donors (Lipinski definition) is 1. The average molecular weight is 291 g/mol. The predicted molar refractivity (Wildman–Crippen MR) is 81.0 cm³/mol. The number of halogens is 1. The van der Waals surface area contributed by atoms with Crippen molar-refractivity contribution in [1.29, 1.82) is 0 Å². The molecule has 0 spiro atoms. The van der Waals surface area contributed by atoms with Crippen LogP contribution in [0.4, 0.5) is 17.5 Å². The van der Waals surface area contributed by atoms with Gasteiger partial charge in [0.2, 0.25) is 5.95 Å². The lowest BCUT2D eigenvalue weighted by Crippen LogP contribution is -2.15. The largest absolute Gasteiger partial charge is 0.495 e. The number of hydrogen-bond acceptors (Lipinski definition) is 5. The zero-order chi connectivity index (χ0) is 14.7. The first-order valence-electron chi connectivity index (χ1n) is 5.94. The van der Waals surface area contributed by atoms with Crippen LogP contribution >= 0.6 is 11.6 Å². The molecule has 0 aliphatic rings. The molecule has 2 rings (SSSR count). The van der Waals surface area contributed by atoms with Crippen molar-refractivity contribution < 1.29 is 4.74 Å². The summed E-state index contributed by atoms with van der Waals surface area (Å²) in [4.78, 5) is 10.4. The molecule has 0 unspecified atom stereocenters. The first kappa shape index (κ1) is 14.4. The molecule has 5 nitrogen and oxygen atoms in total. The summed E-state index contributed by atoms with van der Waals surface area (Å²) in [5.41, 5.74) is 1.44. The molecule has 1 aromatic carbocycles. The van der Waals surface area contributed by atoms with Gasteiger partial charge in [0.25, 0.3) is 0 Å². The first-order valence-corrected chi connectivity index (χ1v) is 6.32. The Kier molecular flexibility index (Phi) is 4.29. The summed E-state index contributed by atoms with van der Waals surface area (Å²) in [6.45, 7) is 5.75. The zero-order valence-electron chi connectivity index (χ0n) is 11.5. The Bertz CT molecular complexity index is 618. The molecule has 0 saturated heterocycles. The summed E-state index contributed by atoms with van der Waals surface area (Å²) >= 11 is 5.98. The number of rotatable bonds is 4. The SMILES string of the molecule is [CH]c1ccc(N(C)c2ncc(Cl)c(NC)n2)c(OC)c1. The van der Waals surface area contributed by atoms with E-state index in [1.807, 2.05) is 13.1 Å². The molecule has 0 saturated carbocycles. The molecule has 1 N–H and O–H groups in total. The van der Waals surface area contributed by atoms with E-state index in [4.69, 9.17) is 23.3 Å². The van der Waals surface area contributed by atoms with Gasteiger partial charge in [-0.1, -0.05) is 17.7 Å². The van der Waals surface area contributed by atoms with Gasteiger partial charge in [0.05, 0.1) is 19.0 Å². The zero-order valence-corrected chi connectivity index (χ0v) is 12.3. The van der Waals surface area contributed by atoms with Crippen LogP contribution in [0.1, 0.15) is 5.56 Å². The van der Waals surface area contributed by atoms with Gasteiger partial charge < -0.3 is 15.0 Å². The summed E-state index contributed by atoms with van der Waals surface area (Å²) in [5.74, 6) is 1.72. The Balaban J connectivity index is 2.43. The van der Waals surface area contributed by atoms with Crippen LogP contribution < -0.4 is 15.0 Å². The monoisotopic (exact) mass is 290 g/mol. The average Bonchev–Trinajstić information content (AvgIpc) is 2.46. The minimum atomic E-state index is 0.467. The van der Waals surface area contributed by atoms with Crippen molar-refractivity contribution in [2.45, 2.75) is 0 Å². The first-order chi connectivity index (χ1) is 9.56. The maximum atomic E-state index is 5.98. The van der Waals surface area contributed by atoms with Crippen LogP contribution in [0, 0.1) is 6.92 Å². The minimum Gasteiger partial charge on any atom is -0.495 e. The molecule has 0 fully saturated rings. The van der Waals surface area contributed by atoms with E-state index in [1.165, 1.54) is 0 Å². The van der Waals surface area contributed by atoms with E-state index in [0.717, 1.165) is 5.69 Å². The van der Waals surface area contributed by atoms with Crippen LogP contribution in [0.5, 0.6) is 5.75 Å². The fourth-order valence-corrected chi connectivity index (χ4v) is 1.96. The van der Waals surface area contributed by atoms with Crippen LogP contribution in [0.15, 0.2) is 24.4 Å². The van der Waals surface area contributed by atoms with E-state index in [2.05, 4.69) is 15.3 Å². The molecule has 2 radical (unpaired) electrons. The van der Waals surface area contributed by atoms with Crippen molar-refractivity contribution in [2.24, 2.45) is 0 Å². The van der Waals surface area contributed by atoms with Gasteiger partial charge in [-0.05, 0) is 24.6 Å². The van der Waals surface area contributed by atoms with E-state index in [0.29, 0.717) is 28.1 Å². The third kappa shape index (κ3) is 2.77. The van der Waals surface area contributed by atoms with Gasteiger partial charge >= 0.3 is 0 Å². The fraction of sp³-hybridized carbons (Fsp3) is 0.214. The maximum Gasteiger partial charge on any atom is 0.231 e. The third-order valence-corrected chi connectivity index (χ3v) is 3.11. The van der Waals surface area contributed by atoms with E-state index in [1.54, 1.807) is 37.4 Å². The van der Waals surface area contributed by atoms with Crippen LogP contribution in [0.2, 0.25) is 5.02 Å². The quantitative estimate of drug-likeness (QED) is 0.938. The van der Waals surface area contributed by atoms with Gasteiger partial charge in [-0.3, -0.25) is 0 Å². The predicted octanol–water partition coefficient (Wildman–Crippen LogP) is 3.01. The molecule has 0 atom stereocenters. The third-order valence-electron chi connectivity index (χ3n) is 2.83. The van der Waals surface area contributed by atoms with Crippen LogP contribution in [-0.2, 0) is 0 Å². The Morgan fingerprint density at radius 1 is 1.40 bits per heavy atom. The molecule has 0 aliphatic carbocycles. The number of aromatic nitrogens is 2. The Labute approximate surface area is 123 Å². The van der Waals surface area contributed by atoms with Gasteiger partial charge in [0.15, 0.2) is 0 Å². The van der Waals surface area contributed by atoms with Crippen LogP contribution in [0.25, 0.3) is 0 Å². The summed E-state index contributed by atoms with van der Waals surface area (Å²) < 4.78 is 5.33. The molecule has 0 amide bonds. The molecule has 1 heterocycles. The number of nitrogens with zero attached hydrogens (tertiary/aromatic N) is 3. The number of methoxy groups -OCH3 is 1. The number of nitrogens with one attached hydrogen (secondary N) is 1. The van der Waals surface area contributed by atoms with Gasteiger partial charge in [-0.15, -0.1) is 0 Å². The number of anilines is 3. The highest BCUT2D eigenvalue weighted by molar-refractivity contribution is 6.32. The van der Waals surface area contributed by atoms with E-state index in [9.17, 15) is 0 Å². The van der Waals surface area contributed by atoms with Gasteiger partial charge in [0.1, 0.15) is 16.6 Å². The lowest BCUT2D eigenvalue weighted by atomic mass is 10.2. The lowest BCUT2D eigenvalue weighted by Gasteiger charge is -2.20. The summed E-state index contributed by atoms with van der Waals surface area (Å²) in [6, 6.07) is 5.40. The molecule has 0 bridgehead atoms. The minimum absolute atomic E-state index is 0.467. The normalized spacial score (nSPS) is 10.2. The highest BCUT2D eigenvalue weighted by Gasteiger charge is 2.14. The molecule has 2 aromatic rings. The topological polar surface area (TPSA) is 50.3 Å². The second-order valence-electron chi connectivity index (χ2n) is 4.11. The van der Waals surface area contributed by atoms with Crippen LogP contribution in [0.3, 0.4) is 0 Å². The van der Waals surface area contributed by atoms with E-state index >= 15 is 0 Å². The van der Waals surface area contributed by atoms with Crippen molar-refractivity contribution in [3.05, 3.63) is 41.9 Å².